The van der Waals surface area contributed by atoms with Gasteiger partial charge in [-0.1, -0.05) is 57.5 Å². The number of carbonyl (C=O) groups is 1. The summed E-state index contributed by atoms with van der Waals surface area (Å²) in [6.07, 6.45) is 7.42. The van der Waals surface area contributed by atoms with Crippen LogP contribution in [0.2, 0.25) is 0 Å². The number of amides is 1. The Hall–Kier alpha value is -2.81. The summed E-state index contributed by atoms with van der Waals surface area (Å²) >= 11 is 1.40. The number of thioether (sulfide) groups is 1. The maximum absolute atomic E-state index is 12.7. The van der Waals surface area contributed by atoms with Crippen molar-refractivity contribution in [3.05, 3.63) is 47.9 Å². The van der Waals surface area contributed by atoms with Crippen LogP contribution >= 0.6 is 11.8 Å². The Morgan fingerprint density at radius 3 is 2.65 bits per heavy atom. The van der Waals surface area contributed by atoms with E-state index >= 15 is 0 Å². The second-order valence-corrected chi connectivity index (χ2v) is 10.1. The number of nitrogens with one attached hydrogen (secondary N) is 1. The summed E-state index contributed by atoms with van der Waals surface area (Å²) in [5.74, 6) is 2.93. The van der Waals surface area contributed by atoms with E-state index in [0.29, 0.717) is 18.6 Å². The van der Waals surface area contributed by atoms with E-state index in [-0.39, 0.29) is 11.7 Å². The molecule has 9 heteroatoms. The van der Waals surface area contributed by atoms with Crippen LogP contribution in [-0.2, 0) is 24.4 Å². The zero-order valence-electron chi connectivity index (χ0n) is 20.2. The van der Waals surface area contributed by atoms with E-state index in [1.54, 1.807) is 6.20 Å². The van der Waals surface area contributed by atoms with Crippen molar-refractivity contribution in [1.82, 2.24) is 24.5 Å². The molecule has 1 aliphatic rings. The molecule has 1 fully saturated rings. The number of anilines is 1. The topological polar surface area (TPSA) is 86.9 Å². The molecule has 1 aromatic carbocycles. The molecule has 1 amide bonds. The normalized spacial score (nSPS) is 14.1. The molecule has 34 heavy (non-hydrogen) atoms. The molecule has 182 valence electrons. The highest BCUT2D eigenvalue weighted by Crippen LogP contribution is 2.31. The van der Waals surface area contributed by atoms with Crippen LogP contribution in [0.15, 0.2) is 41.7 Å². The first-order chi connectivity index (χ1) is 16.5. The minimum atomic E-state index is -0.0716. The van der Waals surface area contributed by atoms with Gasteiger partial charge in [0, 0.05) is 12.6 Å². The predicted molar refractivity (Wildman–Crippen MR) is 134 cm³/mol. The summed E-state index contributed by atoms with van der Waals surface area (Å²) in [5.41, 5.74) is 1.28. The van der Waals surface area contributed by atoms with Crippen LogP contribution in [0.3, 0.4) is 0 Å². The third kappa shape index (κ3) is 6.20. The molecular formula is C25H34N6O2S. The van der Waals surface area contributed by atoms with Crippen LogP contribution in [0.25, 0.3) is 0 Å². The summed E-state index contributed by atoms with van der Waals surface area (Å²) < 4.78 is 9.98. The third-order valence-electron chi connectivity index (χ3n) is 5.98. The molecule has 1 N–H and O–H groups in total. The van der Waals surface area contributed by atoms with E-state index in [0.717, 1.165) is 48.4 Å². The van der Waals surface area contributed by atoms with Crippen molar-refractivity contribution in [3.63, 3.8) is 0 Å². The molecule has 3 aromatic rings. The molecule has 1 saturated carbocycles. The van der Waals surface area contributed by atoms with Gasteiger partial charge in [0.2, 0.25) is 5.91 Å². The lowest BCUT2D eigenvalue weighted by molar-refractivity contribution is -0.113. The Kier molecular flexibility index (Phi) is 8.26. The first kappa shape index (κ1) is 24.3. The van der Waals surface area contributed by atoms with Crippen molar-refractivity contribution in [2.24, 2.45) is 5.92 Å². The maximum Gasteiger partial charge on any atom is 0.235 e. The number of aromatic nitrogens is 5. The maximum atomic E-state index is 12.7. The molecule has 0 atom stereocenters. The Morgan fingerprint density at radius 2 is 1.94 bits per heavy atom. The summed E-state index contributed by atoms with van der Waals surface area (Å²) in [7, 11) is 0. The summed E-state index contributed by atoms with van der Waals surface area (Å²) in [5, 5.41) is 16.9. The van der Waals surface area contributed by atoms with Gasteiger partial charge < -0.3 is 14.6 Å². The molecule has 0 unspecified atom stereocenters. The number of hydrogen-bond acceptors (Lipinski definition) is 6. The van der Waals surface area contributed by atoms with Gasteiger partial charge >= 0.3 is 0 Å². The number of carbonyl (C=O) groups excluding carboxylic acids is 1. The number of aryl methyl sites for hydroxylation is 1. The van der Waals surface area contributed by atoms with E-state index in [2.05, 4.69) is 58.1 Å². The Bertz CT molecular complexity index is 1070. The molecule has 1 aliphatic carbocycles. The number of rotatable bonds is 11. The van der Waals surface area contributed by atoms with Crippen molar-refractivity contribution in [1.29, 1.82) is 0 Å². The Balaban J connectivity index is 1.37. The standard InChI is InChI=1S/C25H34N6O2S/c1-4-19-9-11-21(12-10-19)33-16-23-28-29-25(30(23)15-18(2)3)34-17-24(32)27-22-13-14-26-31(22)20-7-5-6-8-20/h9-14,18,20H,4-8,15-17H2,1-3H3,(H,27,32). The lowest BCUT2D eigenvalue weighted by Gasteiger charge is -2.15. The fourth-order valence-electron chi connectivity index (χ4n) is 4.21. The van der Waals surface area contributed by atoms with Crippen molar-refractivity contribution in [3.8, 4) is 5.75 Å². The second-order valence-electron chi connectivity index (χ2n) is 9.13. The van der Waals surface area contributed by atoms with Crippen LogP contribution in [-0.4, -0.2) is 36.2 Å². The van der Waals surface area contributed by atoms with E-state index in [9.17, 15) is 4.79 Å². The third-order valence-corrected chi connectivity index (χ3v) is 6.95. The fraction of sp³-hybridized carbons (Fsp3) is 0.520. The Morgan fingerprint density at radius 1 is 1.18 bits per heavy atom. The van der Waals surface area contributed by atoms with E-state index < -0.39 is 0 Å². The molecule has 0 radical (unpaired) electrons. The van der Waals surface area contributed by atoms with Gasteiger partial charge in [-0.3, -0.25) is 4.79 Å². The smallest absolute Gasteiger partial charge is 0.235 e. The summed E-state index contributed by atoms with van der Waals surface area (Å²) in [4.78, 5) is 12.7. The quantitative estimate of drug-likeness (QED) is 0.382. The minimum absolute atomic E-state index is 0.0716. The molecule has 0 bridgehead atoms. The van der Waals surface area contributed by atoms with Crippen LogP contribution in [0, 0.1) is 5.92 Å². The van der Waals surface area contributed by atoms with E-state index in [4.69, 9.17) is 4.74 Å². The lowest BCUT2D eigenvalue weighted by atomic mass is 10.2. The van der Waals surface area contributed by atoms with Crippen LogP contribution < -0.4 is 10.1 Å². The SMILES string of the molecule is CCc1ccc(OCc2nnc(SCC(=O)Nc3ccnn3C3CCCC3)n2CC(C)C)cc1. The van der Waals surface area contributed by atoms with Crippen LogP contribution in [0.4, 0.5) is 5.82 Å². The second kappa shape index (κ2) is 11.6. The number of ether oxygens (including phenoxy) is 1. The van der Waals surface area contributed by atoms with Crippen LogP contribution in [0.5, 0.6) is 5.75 Å². The van der Waals surface area contributed by atoms with Gasteiger partial charge in [0.25, 0.3) is 0 Å². The average Bonchev–Trinajstić information content (AvgIpc) is 3.58. The van der Waals surface area contributed by atoms with Crippen molar-refractivity contribution in [2.45, 2.75) is 77.2 Å². The van der Waals surface area contributed by atoms with Gasteiger partial charge in [0.05, 0.1) is 18.0 Å². The molecule has 0 saturated heterocycles. The van der Waals surface area contributed by atoms with Gasteiger partial charge in [0.15, 0.2) is 11.0 Å². The monoisotopic (exact) mass is 482 g/mol. The number of nitrogens with zero attached hydrogens (tertiary/aromatic N) is 5. The fourth-order valence-corrected chi connectivity index (χ4v) is 4.98. The number of hydrogen-bond donors (Lipinski definition) is 1. The van der Waals surface area contributed by atoms with Gasteiger partial charge in [-0.05, 0) is 42.9 Å². The number of benzene rings is 1. The van der Waals surface area contributed by atoms with Crippen molar-refractivity contribution >= 4 is 23.5 Å². The highest BCUT2D eigenvalue weighted by atomic mass is 32.2. The zero-order valence-corrected chi connectivity index (χ0v) is 21.1. The van der Waals surface area contributed by atoms with Crippen molar-refractivity contribution in [2.75, 3.05) is 11.1 Å². The van der Waals surface area contributed by atoms with Gasteiger partial charge in [-0.25, -0.2) is 4.68 Å². The van der Waals surface area contributed by atoms with Gasteiger partial charge in [-0.2, -0.15) is 5.10 Å². The van der Waals surface area contributed by atoms with E-state index in [1.165, 1.54) is 30.2 Å². The first-order valence-electron chi connectivity index (χ1n) is 12.1. The summed E-state index contributed by atoms with van der Waals surface area (Å²) in [6.45, 7) is 7.53. The van der Waals surface area contributed by atoms with Gasteiger partial charge in [-0.15, -0.1) is 10.2 Å². The highest BCUT2D eigenvalue weighted by Gasteiger charge is 2.21. The lowest BCUT2D eigenvalue weighted by Crippen LogP contribution is -2.19. The first-order valence-corrected chi connectivity index (χ1v) is 13.1. The zero-order chi connectivity index (χ0) is 23.9. The average molecular weight is 483 g/mol. The molecule has 0 spiro atoms. The molecule has 0 aliphatic heterocycles. The summed E-state index contributed by atoms with van der Waals surface area (Å²) in [6, 6.07) is 10.4. The molecule has 2 aromatic heterocycles. The van der Waals surface area contributed by atoms with Crippen molar-refractivity contribution < 1.29 is 9.53 Å². The van der Waals surface area contributed by atoms with E-state index in [1.807, 2.05) is 22.9 Å². The minimum Gasteiger partial charge on any atom is -0.486 e. The van der Waals surface area contributed by atoms with Crippen LogP contribution in [0.1, 0.15) is 63.9 Å². The molecule has 2 heterocycles. The molecule has 4 rings (SSSR count). The molecular weight excluding hydrogens is 448 g/mol. The highest BCUT2D eigenvalue weighted by molar-refractivity contribution is 7.99. The molecule has 8 nitrogen and oxygen atoms in total. The largest absolute Gasteiger partial charge is 0.486 e. The predicted octanol–water partition coefficient (Wildman–Crippen LogP) is 5.12. The Labute approximate surface area is 205 Å². The van der Waals surface area contributed by atoms with Gasteiger partial charge in [0.1, 0.15) is 18.2 Å².